The SMILES string of the molecule is NCC1CCCN1C(=O)CCOc1ccc(F)cc1Cl. The van der Waals surface area contributed by atoms with Crippen molar-refractivity contribution >= 4 is 17.5 Å². The molecule has 2 rings (SSSR count). The van der Waals surface area contributed by atoms with Crippen molar-refractivity contribution in [3.8, 4) is 5.75 Å². The Morgan fingerprint density at radius 2 is 2.35 bits per heavy atom. The molecule has 1 fully saturated rings. The quantitative estimate of drug-likeness (QED) is 0.907. The Hall–Kier alpha value is -1.33. The highest BCUT2D eigenvalue weighted by Gasteiger charge is 2.27. The van der Waals surface area contributed by atoms with Crippen LogP contribution in [0.25, 0.3) is 0 Å². The molecule has 6 heteroatoms. The molecule has 110 valence electrons. The Kier molecular flexibility index (Phi) is 5.20. The van der Waals surface area contributed by atoms with Crippen LogP contribution in [-0.4, -0.2) is 36.5 Å². The fraction of sp³-hybridized carbons (Fsp3) is 0.500. The molecule has 4 nitrogen and oxygen atoms in total. The highest BCUT2D eigenvalue weighted by molar-refractivity contribution is 6.32. The lowest BCUT2D eigenvalue weighted by atomic mass is 10.2. The van der Waals surface area contributed by atoms with Gasteiger partial charge in [-0.2, -0.15) is 0 Å². The Bertz CT molecular complexity index is 484. The molecule has 0 saturated carbocycles. The van der Waals surface area contributed by atoms with Gasteiger partial charge >= 0.3 is 0 Å². The number of ether oxygens (including phenoxy) is 1. The van der Waals surface area contributed by atoms with Crippen LogP contribution in [0.3, 0.4) is 0 Å². The molecule has 0 spiro atoms. The molecular weight excluding hydrogens is 283 g/mol. The first-order chi connectivity index (χ1) is 9.61. The highest BCUT2D eigenvalue weighted by Crippen LogP contribution is 2.25. The summed E-state index contributed by atoms with van der Waals surface area (Å²) in [4.78, 5) is 13.9. The minimum absolute atomic E-state index is 0.0381. The zero-order valence-electron chi connectivity index (χ0n) is 11.1. The summed E-state index contributed by atoms with van der Waals surface area (Å²) in [6.07, 6.45) is 2.23. The number of amides is 1. The molecule has 1 aliphatic heterocycles. The fourth-order valence-electron chi connectivity index (χ4n) is 2.39. The standard InChI is InChI=1S/C14H18ClFN2O2/c15-12-8-10(16)3-4-13(12)20-7-5-14(19)18-6-1-2-11(18)9-17/h3-4,8,11H,1-2,5-7,9,17H2. The van der Waals surface area contributed by atoms with E-state index in [1.807, 2.05) is 4.90 Å². The Labute approximate surface area is 122 Å². The highest BCUT2D eigenvalue weighted by atomic mass is 35.5. The molecule has 20 heavy (non-hydrogen) atoms. The molecular formula is C14H18ClFN2O2. The molecule has 1 amide bonds. The van der Waals surface area contributed by atoms with Gasteiger partial charge in [-0.15, -0.1) is 0 Å². The Morgan fingerprint density at radius 3 is 3.05 bits per heavy atom. The third-order valence-electron chi connectivity index (χ3n) is 3.44. The van der Waals surface area contributed by atoms with Crippen molar-refractivity contribution in [2.24, 2.45) is 5.73 Å². The van der Waals surface area contributed by atoms with Gasteiger partial charge in [0.2, 0.25) is 5.91 Å². The molecule has 1 aromatic carbocycles. The second-order valence-corrected chi connectivity index (χ2v) is 5.20. The van der Waals surface area contributed by atoms with Gasteiger partial charge in [0.25, 0.3) is 0 Å². The minimum Gasteiger partial charge on any atom is -0.491 e. The molecule has 0 aromatic heterocycles. The molecule has 1 aliphatic rings. The summed E-state index contributed by atoms with van der Waals surface area (Å²) >= 11 is 5.84. The molecule has 1 heterocycles. The van der Waals surface area contributed by atoms with Crippen molar-refractivity contribution in [2.45, 2.75) is 25.3 Å². The number of nitrogens with zero attached hydrogens (tertiary/aromatic N) is 1. The maximum atomic E-state index is 12.9. The van der Waals surface area contributed by atoms with Crippen LogP contribution in [0.2, 0.25) is 5.02 Å². The van der Waals surface area contributed by atoms with Gasteiger partial charge in [0.1, 0.15) is 11.6 Å². The van der Waals surface area contributed by atoms with Crippen LogP contribution in [-0.2, 0) is 4.79 Å². The lowest BCUT2D eigenvalue weighted by Gasteiger charge is -2.23. The normalized spacial score (nSPS) is 18.4. The number of likely N-dealkylation sites (tertiary alicyclic amines) is 1. The molecule has 1 unspecified atom stereocenters. The van der Waals surface area contributed by atoms with E-state index < -0.39 is 5.82 Å². The van der Waals surface area contributed by atoms with E-state index in [-0.39, 0.29) is 30.0 Å². The third kappa shape index (κ3) is 3.61. The smallest absolute Gasteiger partial charge is 0.226 e. The molecule has 2 N–H and O–H groups in total. The molecule has 0 aliphatic carbocycles. The zero-order valence-corrected chi connectivity index (χ0v) is 11.9. The third-order valence-corrected chi connectivity index (χ3v) is 3.73. The zero-order chi connectivity index (χ0) is 14.5. The van der Waals surface area contributed by atoms with Gasteiger partial charge in [-0.3, -0.25) is 4.79 Å². The van der Waals surface area contributed by atoms with Crippen molar-refractivity contribution in [1.82, 2.24) is 4.90 Å². The molecule has 1 atom stereocenters. The van der Waals surface area contributed by atoms with E-state index in [0.717, 1.165) is 19.4 Å². The van der Waals surface area contributed by atoms with Crippen LogP contribution in [0.1, 0.15) is 19.3 Å². The largest absolute Gasteiger partial charge is 0.491 e. The molecule has 0 bridgehead atoms. The van der Waals surface area contributed by atoms with E-state index in [9.17, 15) is 9.18 Å². The van der Waals surface area contributed by atoms with E-state index >= 15 is 0 Å². The van der Waals surface area contributed by atoms with Gasteiger partial charge in [0.15, 0.2) is 0 Å². The van der Waals surface area contributed by atoms with Gasteiger partial charge < -0.3 is 15.4 Å². The van der Waals surface area contributed by atoms with E-state index in [1.54, 1.807) is 0 Å². The summed E-state index contributed by atoms with van der Waals surface area (Å²) in [5.74, 6) is 0.00938. The van der Waals surface area contributed by atoms with Gasteiger partial charge in [0.05, 0.1) is 18.1 Å². The van der Waals surface area contributed by atoms with Crippen LogP contribution in [0.15, 0.2) is 18.2 Å². The minimum atomic E-state index is -0.415. The second kappa shape index (κ2) is 6.90. The van der Waals surface area contributed by atoms with Crippen LogP contribution in [0.4, 0.5) is 4.39 Å². The van der Waals surface area contributed by atoms with E-state index in [2.05, 4.69) is 0 Å². The monoisotopic (exact) mass is 300 g/mol. The average Bonchev–Trinajstić information content (AvgIpc) is 2.89. The van der Waals surface area contributed by atoms with Crippen molar-refractivity contribution in [3.63, 3.8) is 0 Å². The van der Waals surface area contributed by atoms with E-state index in [0.29, 0.717) is 12.3 Å². The van der Waals surface area contributed by atoms with Crippen molar-refractivity contribution in [2.75, 3.05) is 19.7 Å². The first kappa shape index (κ1) is 15.1. The van der Waals surface area contributed by atoms with Crippen LogP contribution < -0.4 is 10.5 Å². The molecule has 1 saturated heterocycles. The molecule has 0 radical (unpaired) electrons. The second-order valence-electron chi connectivity index (χ2n) is 4.79. The Balaban J connectivity index is 1.82. The number of carbonyl (C=O) groups excluding carboxylic acids is 1. The van der Waals surface area contributed by atoms with Crippen molar-refractivity contribution in [1.29, 1.82) is 0 Å². The van der Waals surface area contributed by atoms with Crippen LogP contribution in [0.5, 0.6) is 5.75 Å². The predicted molar refractivity (Wildman–Crippen MR) is 75.3 cm³/mol. The van der Waals surface area contributed by atoms with Gasteiger partial charge in [-0.05, 0) is 31.0 Å². The number of carbonyl (C=O) groups is 1. The number of hydrogen-bond donors (Lipinski definition) is 1. The summed E-state index contributed by atoms with van der Waals surface area (Å²) in [7, 11) is 0. The number of benzene rings is 1. The first-order valence-electron chi connectivity index (χ1n) is 6.69. The summed E-state index contributed by atoms with van der Waals surface area (Å²) in [5, 5.41) is 0.207. The predicted octanol–water partition coefficient (Wildman–Crippen LogP) is 2.20. The van der Waals surface area contributed by atoms with E-state index in [1.165, 1.54) is 18.2 Å². The average molecular weight is 301 g/mol. The van der Waals surface area contributed by atoms with Crippen molar-refractivity contribution in [3.05, 3.63) is 29.0 Å². The van der Waals surface area contributed by atoms with E-state index in [4.69, 9.17) is 22.1 Å². The number of nitrogens with two attached hydrogens (primary N) is 1. The maximum absolute atomic E-state index is 12.9. The summed E-state index contributed by atoms with van der Waals surface area (Å²) in [5.41, 5.74) is 5.64. The molecule has 1 aromatic rings. The summed E-state index contributed by atoms with van der Waals surface area (Å²) < 4.78 is 18.3. The number of rotatable bonds is 5. The summed E-state index contributed by atoms with van der Waals surface area (Å²) in [6, 6.07) is 4.06. The first-order valence-corrected chi connectivity index (χ1v) is 7.07. The number of halogens is 2. The van der Waals surface area contributed by atoms with Gasteiger partial charge in [0, 0.05) is 19.1 Å². The van der Waals surface area contributed by atoms with Gasteiger partial charge in [-0.25, -0.2) is 4.39 Å². The topological polar surface area (TPSA) is 55.6 Å². The number of hydrogen-bond acceptors (Lipinski definition) is 3. The summed E-state index contributed by atoms with van der Waals surface area (Å²) in [6.45, 7) is 1.48. The van der Waals surface area contributed by atoms with Gasteiger partial charge in [-0.1, -0.05) is 11.6 Å². The lowest BCUT2D eigenvalue weighted by Crippen LogP contribution is -2.40. The van der Waals surface area contributed by atoms with Crippen LogP contribution in [0, 0.1) is 5.82 Å². The maximum Gasteiger partial charge on any atom is 0.226 e. The van der Waals surface area contributed by atoms with Crippen LogP contribution >= 0.6 is 11.6 Å². The lowest BCUT2D eigenvalue weighted by molar-refractivity contribution is -0.132. The Morgan fingerprint density at radius 1 is 1.55 bits per heavy atom. The fourth-order valence-corrected chi connectivity index (χ4v) is 2.62. The van der Waals surface area contributed by atoms with Crippen molar-refractivity contribution < 1.29 is 13.9 Å².